The standard InChI is InChI=1S/C11H14O6/c1-3-15-10(13)8-5-7(6-12)17-9(8)11(14)16-4-2/h5,12H,3-4,6H2,1-2H3. The quantitative estimate of drug-likeness (QED) is 0.779. The Hall–Kier alpha value is -1.82. The molecule has 0 atom stereocenters. The maximum Gasteiger partial charge on any atom is 0.375 e. The van der Waals surface area contributed by atoms with Crippen molar-refractivity contribution in [1.29, 1.82) is 0 Å². The molecule has 1 aromatic rings. The zero-order chi connectivity index (χ0) is 12.8. The van der Waals surface area contributed by atoms with Gasteiger partial charge >= 0.3 is 11.9 Å². The smallest absolute Gasteiger partial charge is 0.375 e. The molecule has 0 aromatic carbocycles. The van der Waals surface area contributed by atoms with Gasteiger partial charge in [0.05, 0.1) is 13.2 Å². The summed E-state index contributed by atoms with van der Waals surface area (Å²) in [4.78, 5) is 23.0. The second kappa shape index (κ2) is 6.05. The topological polar surface area (TPSA) is 86.0 Å². The summed E-state index contributed by atoms with van der Waals surface area (Å²) < 4.78 is 14.5. The average Bonchev–Trinajstić information content (AvgIpc) is 2.73. The minimum atomic E-state index is -0.754. The lowest BCUT2D eigenvalue weighted by molar-refractivity contribution is 0.0449. The molecule has 1 heterocycles. The molecular weight excluding hydrogens is 228 g/mol. The van der Waals surface area contributed by atoms with Gasteiger partial charge in [0.1, 0.15) is 17.9 Å². The Balaban J connectivity index is 3.05. The number of furan rings is 1. The molecule has 6 nitrogen and oxygen atoms in total. The maximum absolute atomic E-state index is 11.5. The van der Waals surface area contributed by atoms with E-state index >= 15 is 0 Å². The number of carbonyl (C=O) groups is 2. The van der Waals surface area contributed by atoms with Crippen molar-refractivity contribution in [1.82, 2.24) is 0 Å². The van der Waals surface area contributed by atoms with E-state index in [4.69, 9.17) is 19.0 Å². The van der Waals surface area contributed by atoms with E-state index < -0.39 is 18.5 Å². The third-order valence-electron chi connectivity index (χ3n) is 1.90. The summed E-state index contributed by atoms with van der Waals surface area (Å²) in [6.07, 6.45) is 0. The molecule has 0 fully saturated rings. The number of ether oxygens (including phenoxy) is 2. The third-order valence-corrected chi connectivity index (χ3v) is 1.90. The molecule has 94 valence electrons. The van der Waals surface area contributed by atoms with Crippen LogP contribution in [0.15, 0.2) is 10.5 Å². The van der Waals surface area contributed by atoms with Gasteiger partial charge < -0.3 is 19.0 Å². The second-order valence-corrected chi connectivity index (χ2v) is 3.05. The molecule has 0 aliphatic carbocycles. The van der Waals surface area contributed by atoms with E-state index in [9.17, 15) is 9.59 Å². The van der Waals surface area contributed by atoms with Crippen LogP contribution in [0.3, 0.4) is 0 Å². The van der Waals surface area contributed by atoms with Crippen LogP contribution in [0.1, 0.15) is 40.5 Å². The van der Waals surface area contributed by atoms with Gasteiger partial charge in [0.15, 0.2) is 0 Å². The Bertz CT molecular complexity index is 371. The van der Waals surface area contributed by atoms with Crippen molar-refractivity contribution >= 4 is 11.9 Å². The summed E-state index contributed by atoms with van der Waals surface area (Å²) in [7, 11) is 0. The maximum atomic E-state index is 11.5. The molecular formula is C11H14O6. The zero-order valence-electron chi connectivity index (χ0n) is 9.69. The Labute approximate surface area is 98.1 Å². The van der Waals surface area contributed by atoms with Gasteiger partial charge in [0, 0.05) is 0 Å². The molecule has 0 spiro atoms. The van der Waals surface area contributed by atoms with Crippen molar-refractivity contribution in [2.75, 3.05) is 13.2 Å². The van der Waals surface area contributed by atoms with Crippen molar-refractivity contribution in [2.24, 2.45) is 0 Å². The van der Waals surface area contributed by atoms with Crippen molar-refractivity contribution in [3.05, 3.63) is 23.2 Å². The van der Waals surface area contributed by atoms with Crippen LogP contribution in [-0.4, -0.2) is 30.3 Å². The highest BCUT2D eigenvalue weighted by molar-refractivity contribution is 6.01. The average molecular weight is 242 g/mol. The number of aliphatic hydroxyl groups is 1. The highest BCUT2D eigenvalue weighted by Gasteiger charge is 2.25. The first-order valence-corrected chi connectivity index (χ1v) is 5.21. The van der Waals surface area contributed by atoms with Gasteiger partial charge in [-0.25, -0.2) is 9.59 Å². The molecule has 0 aliphatic rings. The first kappa shape index (κ1) is 13.2. The second-order valence-electron chi connectivity index (χ2n) is 3.05. The highest BCUT2D eigenvalue weighted by Crippen LogP contribution is 2.18. The van der Waals surface area contributed by atoms with Crippen LogP contribution >= 0.6 is 0 Å². The number of rotatable bonds is 5. The Morgan fingerprint density at radius 2 is 1.82 bits per heavy atom. The van der Waals surface area contributed by atoms with Crippen molar-refractivity contribution in [2.45, 2.75) is 20.5 Å². The monoisotopic (exact) mass is 242 g/mol. The van der Waals surface area contributed by atoms with Gasteiger partial charge in [-0.05, 0) is 19.9 Å². The molecule has 0 bridgehead atoms. The molecule has 0 radical (unpaired) electrons. The number of esters is 2. The van der Waals surface area contributed by atoms with E-state index in [0.29, 0.717) is 0 Å². The lowest BCUT2D eigenvalue weighted by Gasteiger charge is -2.01. The molecule has 0 saturated carbocycles. The minimum Gasteiger partial charge on any atom is -0.462 e. The molecule has 1 rings (SSSR count). The highest BCUT2D eigenvalue weighted by atomic mass is 16.5. The van der Waals surface area contributed by atoms with Gasteiger partial charge in [0.2, 0.25) is 5.76 Å². The SMILES string of the molecule is CCOC(=O)c1cc(CO)oc1C(=O)OCC. The van der Waals surface area contributed by atoms with Crippen molar-refractivity contribution in [3.8, 4) is 0 Å². The molecule has 0 aliphatic heterocycles. The van der Waals surface area contributed by atoms with E-state index in [0.717, 1.165) is 0 Å². The van der Waals surface area contributed by atoms with Crippen LogP contribution < -0.4 is 0 Å². The normalized spacial score (nSPS) is 10.1. The first-order valence-electron chi connectivity index (χ1n) is 5.21. The summed E-state index contributed by atoms with van der Waals surface area (Å²) >= 11 is 0. The summed E-state index contributed by atoms with van der Waals surface area (Å²) in [6, 6.07) is 1.27. The predicted molar refractivity (Wildman–Crippen MR) is 56.5 cm³/mol. The fourth-order valence-corrected chi connectivity index (χ4v) is 1.23. The van der Waals surface area contributed by atoms with E-state index in [1.54, 1.807) is 13.8 Å². The number of aliphatic hydroxyl groups excluding tert-OH is 1. The predicted octanol–water partition coefficient (Wildman–Crippen LogP) is 1.13. The Morgan fingerprint density at radius 3 is 2.35 bits per heavy atom. The van der Waals surface area contributed by atoms with Crippen LogP contribution in [-0.2, 0) is 16.1 Å². The van der Waals surface area contributed by atoms with Gasteiger partial charge in [-0.15, -0.1) is 0 Å². The molecule has 6 heteroatoms. The molecule has 17 heavy (non-hydrogen) atoms. The molecule has 1 N–H and O–H groups in total. The zero-order valence-corrected chi connectivity index (χ0v) is 9.69. The van der Waals surface area contributed by atoms with Crippen LogP contribution in [0.5, 0.6) is 0 Å². The van der Waals surface area contributed by atoms with E-state index in [1.165, 1.54) is 6.07 Å². The molecule has 1 aromatic heterocycles. The van der Waals surface area contributed by atoms with Gasteiger partial charge in [-0.3, -0.25) is 0 Å². The van der Waals surface area contributed by atoms with Crippen LogP contribution in [0, 0.1) is 0 Å². The van der Waals surface area contributed by atoms with Crippen LogP contribution in [0.4, 0.5) is 0 Å². The van der Waals surface area contributed by atoms with E-state index in [1.807, 2.05) is 0 Å². The first-order chi connectivity index (χ1) is 8.13. The van der Waals surface area contributed by atoms with Gasteiger partial charge in [-0.2, -0.15) is 0 Å². The summed E-state index contributed by atoms with van der Waals surface area (Å²) in [5.74, 6) is -1.57. The minimum absolute atomic E-state index is 0.0330. The fourth-order valence-electron chi connectivity index (χ4n) is 1.23. The van der Waals surface area contributed by atoms with Crippen molar-refractivity contribution < 1.29 is 28.6 Å². The Kier molecular flexibility index (Phi) is 4.71. The largest absolute Gasteiger partial charge is 0.462 e. The molecule has 0 unspecified atom stereocenters. The summed E-state index contributed by atoms with van der Waals surface area (Å²) in [6.45, 7) is 3.22. The Morgan fingerprint density at radius 1 is 1.24 bits per heavy atom. The fraction of sp³-hybridized carbons (Fsp3) is 0.455. The van der Waals surface area contributed by atoms with Crippen molar-refractivity contribution in [3.63, 3.8) is 0 Å². The lowest BCUT2D eigenvalue weighted by atomic mass is 10.2. The third kappa shape index (κ3) is 3.07. The van der Waals surface area contributed by atoms with E-state index in [-0.39, 0.29) is 30.3 Å². The number of hydrogen-bond donors (Lipinski definition) is 1. The van der Waals surface area contributed by atoms with E-state index in [2.05, 4.69) is 0 Å². The summed E-state index contributed by atoms with van der Waals surface area (Å²) in [5.41, 5.74) is -0.0330. The number of carbonyl (C=O) groups excluding carboxylic acids is 2. The lowest BCUT2D eigenvalue weighted by Crippen LogP contribution is -2.11. The number of hydrogen-bond acceptors (Lipinski definition) is 6. The summed E-state index contributed by atoms with van der Waals surface area (Å²) in [5, 5.41) is 8.90. The molecule has 0 saturated heterocycles. The van der Waals surface area contributed by atoms with Crippen LogP contribution in [0.2, 0.25) is 0 Å². The van der Waals surface area contributed by atoms with Gasteiger partial charge in [-0.1, -0.05) is 0 Å². The van der Waals surface area contributed by atoms with Crippen LogP contribution in [0.25, 0.3) is 0 Å². The molecule has 0 amide bonds. The van der Waals surface area contributed by atoms with Gasteiger partial charge in [0.25, 0.3) is 0 Å².